The highest BCUT2D eigenvalue weighted by Gasteiger charge is 2.55. The van der Waals surface area contributed by atoms with Crippen LogP contribution >= 0.6 is 11.8 Å². The summed E-state index contributed by atoms with van der Waals surface area (Å²) in [5.74, 6) is 0.857. The number of ether oxygens (including phenoxy) is 3. The lowest BCUT2D eigenvalue weighted by molar-refractivity contribution is -0.385. The molecule has 0 aliphatic carbocycles. The third-order valence-electron chi connectivity index (χ3n) is 5.54. The quantitative estimate of drug-likeness (QED) is 0.567. The van der Waals surface area contributed by atoms with Crippen molar-refractivity contribution < 1.29 is 23.9 Å². The first-order valence-electron chi connectivity index (χ1n) is 9.45. The number of hydrazone groups is 1. The molecule has 160 valence electrons. The smallest absolute Gasteiger partial charge is 0.289 e. The summed E-state index contributed by atoms with van der Waals surface area (Å²) in [6.45, 7) is 0. The summed E-state index contributed by atoms with van der Waals surface area (Å²) in [6, 6.07) is 9.67. The van der Waals surface area contributed by atoms with E-state index in [1.807, 2.05) is 12.1 Å². The normalized spacial score (nSPS) is 23.5. The van der Waals surface area contributed by atoms with Gasteiger partial charge in [-0.25, -0.2) is 5.01 Å². The molecule has 0 aromatic heterocycles. The van der Waals surface area contributed by atoms with E-state index >= 15 is 0 Å². The molecule has 0 radical (unpaired) electrons. The number of carbonyl (C=O) groups is 1. The Balaban J connectivity index is 1.60. The number of thioether (sulfide) groups is 1. The number of rotatable bonds is 4. The second kappa shape index (κ2) is 7.05. The van der Waals surface area contributed by atoms with E-state index in [-0.39, 0.29) is 17.0 Å². The van der Waals surface area contributed by atoms with E-state index in [0.29, 0.717) is 35.0 Å². The van der Waals surface area contributed by atoms with Gasteiger partial charge in [0.1, 0.15) is 5.75 Å². The fourth-order valence-corrected chi connectivity index (χ4v) is 4.90. The molecule has 2 atom stereocenters. The second-order valence-corrected chi connectivity index (χ2v) is 8.20. The van der Waals surface area contributed by atoms with Crippen LogP contribution in [0.4, 0.5) is 10.5 Å². The number of nitrogens with zero attached hydrogens (tertiary/aromatic N) is 3. The summed E-state index contributed by atoms with van der Waals surface area (Å²) in [7, 11) is 3.13. The molecule has 1 N–H and O–H groups in total. The van der Waals surface area contributed by atoms with Crippen LogP contribution in [0.2, 0.25) is 0 Å². The molecule has 3 aliphatic heterocycles. The molecule has 1 saturated heterocycles. The number of nitro groups is 1. The molecule has 0 bridgehead atoms. The lowest BCUT2D eigenvalue weighted by Gasteiger charge is -2.44. The predicted molar refractivity (Wildman–Crippen MR) is 113 cm³/mol. The minimum atomic E-state index is -1.14. The molecule has 0 unspecified atom stereocenters. The molecule has 1 spiro atoms. The van der Waals surface area contributed by atoms with Gasteiger partial charge in [-0.2, -0.15) is 5.10 Å². The predicted octanol–water partition coefficient (Wildman–Crippen LogP) is 3.27. The van der Waals surface area contributed by atoms with E-state index in [0.717, 1.165) is 23.0 Å². The van der Waals surface area contributed by atoms with Gasteiger partial charge in [0, 0.05) is 29.7 Å². The molecule has 0 saturated carbocycles. The van der Waals surface area contributed by atoms with Gasteiger partial charge in [0.25, 0.3) is 16.8 Å². The molecule has 3 heterocycles. The van der Waals surface area contributed by atoms with Gasteiger partial charge in [0.2, 0.25) is 0 Å². The van der Waals surface area contributed by atoms with Crippen LogP contribution in [-0.4, -0.2) is 46.7 Å². The van der Waals surface area contributed by atoms with E-state index in [9.17, 15) is 14.9 Å². The number of nitrogens with one attached hydrogen (secondary N) is 1. The molecular weight excluding hydrogens is 424 g/mol. The topological polar surface area (TPSA) is 116 Å². The maximum atomic E-state index is 12.0. The van der Waals surface area contributed by atoms with Gasteiger partial charge in [0.15, 0.2) is 11.5 Å². The average molecular weight is 442 g/mol. The van der Waals surface area contributed by atoms with Crippen LogP contribution in [0.5, 0.6) is 17.2 Å². The molecule has 10 nitrogen and oxygen atoms in total. The molecular formula is C20H18N4O6S. The van der Waals surface area contributed by atoms with Crippen LogP contribution in [0.25, 0.3) is 0 Å². The Hall–Kier alpha value is -3.47. The number of amides is 1. The van der Waals surface area contributed by atoms with Gasteiger partial charge in [-0.15, -0.1) is 0 Å². The number of non-ortho nitro benzene ring substituents is 1. The van der Waals surface area contributed by atoms with Crippen molar-refractivity contribution >= 4 is 28.4 Å². The molecule has 11 heteroatoms. The number of carbonyl (C=O) groups excluding carboxylic acids is 1. The van der Waals surface area contributed by atoms with Crippen molar-refractivity contribution in [3.63, 3.8) is 0 Å². The highest BCUT2D eigenvalue weighted by molar-refractivity contribution is 8.14. The van der Waals surface area contributed by atoms with E-state index in [2.05, 4.69) is 5.32 Å². The number of fused-ring (bicyclic) bond motifs is 4. The third kappa shape index (κ3) is 3.03. The summed E-state index contributed by atoms with van der Waals surface area (Å²) in [6.07, 6.45) is 0.481. The molecule has 1 amide bonds. The number of methoxy groups -OCH3 is 2. The maximum Gasteiger partial charge on any atom is 0.289 e. The summed E-state index contributed by atoms with van der Waals surface area (Å²) in [5, 5.41) is 20.5. The van der Waals surface area contributed by atoms with Crippen molar-refractivity contribution in [2.24, 2.45) is 5.10 Å². The molecule has 2 aromatic rings. The van der Waals surface area contributed by atoms with Crippen molar-refractivity contribution in [3.8, 4) is 17.2 Å². The Labute approximate surface area is 181 Å². The van der Waals surface area contributed by atoms with Gasteiger partial charge in [-0.1, -0.05) is 11.8 Å². The van der Waals surface area contributed by atoms with Crippen LogP contribution in [0.15, 0.2) is 41.5 Å². The Morgan fingerprint density at radius 1 is 1.26 bits per heavy atom. The Morgan fingerprint density at radius 3 is 2.74 bits per heavy atom. The van der Waals surface area contributed by atoms with Gasteiger partial charge >= 0.3 is 0 Å². The Morgan fingerprint density at radius 2 is 2.06 bits per heavy atom. The first-order chi connectivity index (χ1) is 14.9. The van der Waals surface area contributed by atoms with Gasteiger partial charge in [0.05, 0.1) is 36.6 Å². The monoisotopic (exact) mass is 442 g/mol. The standard InChI is InChI=1S/C20H18N4O6S/c1-28-17-5-3-11(7-18(17)29-2)14-9-15-13-8-12(24(26)27)4-6-16(13)30-20(23(15)22-14)10-31-19(25)21-20/h3-8,15H,9-10H2,1-2H3,(H,21,25)/t15-,20+/m1/s1. The summed E-state index contributed by atoms with van der Waals surface area (Å²) < 4.78 is 16.9. The first kappa shape index (κ1) is 19.5. The van der Waals surface area contributed by atoms with Crippen LogP contribution in [0, 0.1) is 10.1 Å². The van der Waals surface area contributed by atoms with Crippen molar-refractivity contribution in [2.45, 2.75) is 18.3 Å². The summed E-state index contributed by atoms with van der Waals surface area (Å²) in [5.41, 5.74) is 2.21. The number of hydrogen-bond acceptors (Lipinski definition) is 9. The Kier molecular flexibility index (Phi) is 4.43. The highest BCUT2D eigenvalue weighted by Crippen LogP contribution is 2.49. The van der Waals surface area contributed by atoms with Gasteiger partial charge in [-0.3, -0.25) is 20.2 Å². The Bertz CT molecular complexity index is 1140. The van der Waals surface area contributed by atoms with E-state index in [1.165, 1.54) is 12.1 Å². The van der Waals surface area contributed by atoms with Crippen molar-refractivity contribution in [1.82, 2.24) is 10.3 Å². The number of hydrogen-bond donors (Lipinski definition) is 1. The average Bonchev–Trinajstić information content (AvgIpc) is 3.38. The molecule has 1 fully saturated rings. The van der Waals surface area contributed by atoms with Gasteiger partial charge in [-0.05, 0) is 24.3 Å². The zero-order valence-electron chi connectivity index (χ0n) is 16.7. The first-order valence-corrected chi connectivity index (χ1v) is 10.4. The van der Waals surface area contributed by atoms with Crippen LogP contribution < -0.4 is 19.5 Å². The van der Waals surface area contributed by atoms with Crippen molar-refractivity contribution in [1.29, 1.82) is 0 Å². The van der Waals surface area contributed by atoms with Crippen molar-refractivity contribution in [3.05, 3.63) is 57.6 Å². The molecule has 5 rings (SSSR count). The molecule has 2 aromatic carbocycles. The van der Waals surface area contributed by atoms with E-state index < -0.39 is 10.8 Å². The lowest BCUT2D eigenvalue weighted by atomic mass is 9.95. The minimum absolute atomic E-state index is 0.0253. The van der Waals surface area contributed by atoms with Crippen molar-refractivity contribution in [2.75, 3.05) is 20.0 Å². The van der Waals surface area contributed by atoms with Gasteiger partial charge < -0.3 is 14.2 Å². The molecule has 3 aliphatic rings. The minimum Gasteiger partial charge on any atom is -0.493 e. The van der Waals surface area contributed by atoms with E-state index in [1.54, 1.807) is 31.4 Å². The number of nitro benzene ring substituents is 1. The third-order valence-corrected chi connectivity index (χ3v) is 6.44. The lowest BCUT2D eigenvalue weighted by Crippen LogP contribution is -2.62. The van der Waals surface area contributed by atoms with E-state index in [4.69, 9.17) is 19.3 Å². The van der Waals surface area contributed by atoms with Crippen LogP contribution in [0.1, 0.15) is 23.6 Å². The summed E-state index contributed by atoms with van der Waals surface area (Å²) >= 11 is 1.11. The fraction of sp³-hybridized carbons (Fsp3) is 0.300. The summed E-state index contributed by atoms with van der Waals surface area (Å²) in [4.78, 5) is 22.9. The zero-order chi connectivity index (χ0) is 21.8. The molecule has 31 heavy (non-hydrogen) atoms. The zero-order valence-corrected chi connectivity index (χ0v) is 17.5. The van der Waals surface area contributed by atoms with Crippen LogP contribution in [0.3, 0.4) is 0 Å². The highest BCUT2D eigenvalue weighted by atomic mass is 32.2. The SMILES string of the molecule is COc1ccc(C2=NN3[C@H](C2)c2cc([N+](=O)[O-])ccc2O[C@]32CSC(=O)N2)cc1OC. The number of benzene rings is 2. The van der Waals surface area contributed by atoms with Crippen LogP contribution in [-0.2, 0) is 0 Å². The largest absolute Gasteiger partial charge is 0.493 e. The maximum absolute atomic E-state index is 12.0. The fourth-order valence-electron chi connectivity index (χ4n) is 4.08. The second-order valence-electron chi connectivity index (χ2n) is 7.25.